The maximum Gasteiger partial charge on any atom is 0.287 e. The average molecular weight is 297 g/mol. The molecule has 2 aromatic carbocycles. The predicted molar refractivity (Wildman–Crippen MR) is 82.3 cm³/mol. The van der Waals surface area contributed by atoms with E-state index in [1.807, 2.05) is 36.4 Å². The maximum absolute atomic E-state index is 10.8. The summed E-state index contributed by atoms with van der Waals surface area (Å²) in [7, 11) is 0. The van der Waals surface area contributed by atoms with Gasteiger partial charge < -0.3 is 10.4 Å². The van der Waals surface area contributed by atoms with E-state index < -0.39 is 11.0 Å². The van der Waals surface area contributed by atoms with Gasteiger partial charge in [-0.3, -0.25) is 10.1 Å². The van der Waals surface area contributed by atoms with Crippen LogP contribution in [-0.4, -0.2) is 16.6 Å². The molecule has 2 aromatic rings. The van der Waals surface area contributed by atoms with Crippen molar-refractivity contribution in [1.82, 2.24) is 0 Å². The summed E-state index contributed by atoms with van der Waals surface area (Å²) in [6, 6.07) is 15.4. The topological polar surface area (TPSA) is 99.2 Å². The molecule has 0 heterocycles. The van der Waals surface area contributed by atoms with E-state index in [-0.39, 0.29) is 11.3 Å². The minimum Gasteiger partial charge on any atom is -0.388 e. The second-order valence-electron chi connectivity index (χ2n) is 4.74. The van der Waals surface area contributed by atoms with Gasteiger partial charge in [-0.1, -0.05) is 30.3 Å². The van der Waals surface area contributed by atoms with Crippen molar-refractivity contribution in [3.8, 4) is 6.07 Å². The van der Waals surface area contributed by atoms with Crippen LogP contribution in [0.4, 0.5) is 11.4 Å². The average Bonchev–Trinajstić information content (AvgIpc) is 2.55. The number of hydrogen-bond donors (Lipinski definition) is 2. The first-order valence-electron chi connectivity index (χ1n) is 6.77. The lowest BCUT2D eigenvalue weighted by Gasteiger charge is -2.12. The summed E-state index contributed by atoms with van der Waals surface area (Å²) in [5, 5.41) is 32.8. The van der Waals surface area contributed by atoms with Crippen molar-refractivity contribution in [3.05, 3.63) is 69.8 Å². The lowest BCUT2D eigenvalue weighted by Crippen LogP contribution is -2.08. The molecule has 2 rings (SSSR count). The highest BCUT2D eigenvalue weighted by molar-refractivity contribution is 5.58. The molecule has 6 nitrogen and oxygen atoms in total. The van der Waals surface area contributed by atoms with E-state index in [1.165, 1.54) is 12.1 Å². The molecule has 0 fully saturated rings. The quantitative estimate of drug-likeness (QED) is 0.630. The fraction of sp³-hybridized carbons (Fsp3) is 0.188. The molecule has 0 aliphatic carbocycles. The Labute approximate surface area is 127 Å². The number of nitro groups is 1. The Morgan fingerprint density at radius 1 is 1.27 bits per heavy atom. The fourth-order valence-corrected chi connectivity index (χ4v) is 2.09. The summed E-state index contributed by atoms with van der Waals surface area (Å²) >= 11 is 0. The summed E-state index contributed by atoms with van der Waals surface area (Å²) in [6.07, 6.45) is -0.0923. The number of hydrogen-bond acceptors (Lipinski definition) is 5. The third kappa shape index (κ3) is 3.81. The Hall–Kier alpha value is -2.91. The molecule has 2 N–H and O–H groups in total. The first-order valence-corrected chi connectivity index (χ1v) is 6.77. The van der Waals surface area contributed by atoms with Crippen LogP contribution in [0.1, 0.15) is 23.7 Å². The molecule has 0 aromatic heterocycles. The van der Waals surface area contributed by atoms with Gasteiger partial charge in [0.25, 0.3) is 5.69 Å². The number of nitrogens with zero attached hydrogens (tertiary/aromatic N) is 2. The molecule has 0 radical (unpaired) electrons. The number of anilines is 1. The lowest BCUT2D eigenvalue weighted by atomic mass is 10.1. The second kappa shape index (κ2) is 7.20. The summed E-state index contributed by atoms with van der Waals surface area (Å²) < 4.78 is 0. The first kappa shape index (κ1) is 15.5. The Bertz CT molecular complexity index is 696. The first-order chi connectivity index (χ1) is 10.6. The number of nitrogens with one attached hydrogen (secondary N) is 1. The van der Waals surface area contributed by atoms with E-state index in [2.05, 4.69) is 5.32 Å². The van der Waals surface area contributed by atoms with E-state index in [0.717, 1.165) is 5.56 Å². The molecule has 0 spiro atoms. The number of nitro benzene ring substituents is 1. The summed E-state index contributed by atoms with van der Waals surface area (Å²) in [5.41, 5.74) is 1.25. The number of benzene rings is 2. The van der Waals surface area contributed by atoms with Crippen LogP contribution in [0.25, 0.3) is 0 Å². The van der Waals surface area contributed by atoms with E-state index in [0.29, 0.717) is 18.7 Å². The van der Waals surface area contributed by atoms with Crippen molar-refractivity contribution < 1.29 is 10.0 Å². The van der Waals surface area contributed by atoms with Crippen molar-refractivity contribution in [2.24, 2.45) is 0 Å². The second-order valence-corrected chi connectivity index (χ2v) is 4.74. The van der Waals surface area contributed by atoms with Crippen LogP contribution in [0.3, 0.4) is 0 Å². The molecule has 0 saturated carbocycles. The highest BCUT2D eigenvalue weighted by atomic mass is 16.6. The minimum atomic E-state index is -0.582. The van der Waals surface area contributed by atoms with Crippen LogP contribution >= 0.6 is 0 Å². The summed E-state index contributed by atoms with van der Waals surface area (Å²) in [4.78, 5) is 10.2. The summed E-state index contributed by atoms with van der Waals surface area (Å²) in [5.74, 6) is 0. The molecular weight excluding hydrogens is 282 g/mol. The van der Waals surface area contributed by atoms with Gasteiger partial charge in [0.1, 0.15) is 11.6 Å². The van der Waals surface area contributed by atoms with Crippen LogP contribution < -0.4 is 5.32 Å². The van der Waals surface area contributed by atoms with Gasteiger partial charge in [0.2, 0.25) is 0 Å². The zero-order chi connectivity index (χ0) is 15.9. The van der Waals surface area contributed by atoms with Crippen LogP contribution in [0.5, 0.6) is 0 Å². The van der Waals surface area contributed by atoms with Gasteiger partial charge in [0.05, 0.1) is 11.0 Å². The molecule has 112 valence electrons. The monoisotopic (exact) mass is 297 g/mol. The largest absolute Gasteiger partial charge is 0.388 e. The number of aliphatic hydroxyl groups is 1. The molecule has 0 amide bonds. The SMILES string of the molecule is N#Cc1cc(NCC[C@H](O)c2ccccc2)ccc1[N+](=O)[O-]. The van der Waals surface area contributed by atoms with Gasteiger partial charge in [-0.2, -0.15) is 5.26 Å². The molecule has 0 saturated heterocycles. The van der Waals surface area contributed by atoms with Gasteiger partial charge in [-0.15, -0.1) is 0 Å². The predicted octanol–water partition coefficient (Wildman–Crippen LogP) is 3.00. The van der Waals surface area contributed by atoms with E-state index in [9.17, 15) is 15.2 Å². The van der Waals surface area contributed by atoms with Crippen LogP contribution in [0, 0.1) is 21.4 Å². The Morgan fingerprint density at radius 3 is 2.64 bits per heavy atom. The molecule has 0 unspecified atom stereocenters. The van der Waals surface area contributed by atoms with Crippen molar-refractivity contribution in [2.75, 3.05) is 11.9 Å². The fourth-order valence-electron chi connectivity index (χ4n) is 2.09. The van der Waals surface area contributed by atoms with Gasteiger partial charge in [0.15, 0.2) is 0 Å². The van der Waals surface area contributed by atoms with Gasteiger partial charge in [-0.05, 0) is 24.1 Å². The van der Waals surface area contributed by atoms with E-state index in [4.69, 9.17) is 5.26 Å². The standard InChI is InChI=1S/C16H15N3O3/c17-11-13-10-14(6-7-15(13)19(21)22)18-9-8-16(20)12-4-2-1-3-5-12/h1-7,10,16,18,20H,8-9H2/t16-/m0/s1. The number of aliphatic hydroxyl groups excluding tert-OH is 1. The number of rotatable bonds is 6. The van der Waals surface area contributed by atoms with Crippen molar-refractivity contribution >= 4 is 11.4 Å². The Balaban J connectivity index is 1.95. The highest BCUT2D eigenvalue weighted by Gasteiger charge is 2.13. The van der Waals surface area contributed by atoms with Gasteiger partial charge in [-0.25, -0.2) is 0 Å². The maximum atomic E-state index is 10.8. The molecule has 1 atom stereocenters. The number of nitriles is 1. The summed E-state index contributed by atoms with van der Waals surface area (Å²) in [6.45, 7) is 0.485. The Kier molecular flexibility index (Phi) is 5.07. The molecule has 0 aliphatic rings. The van der Waals surface area contributed by atoms with Crippen molar-refractivity contribution in [2.45, 2.75) is 12.5 Å². The molecule has 0 aliphatic heterocycles. The van der Waals surface area contributed by atoms with Crippen molar-refractivity contribution in [3.63, 3.8) is 0 Å². The Morgan fingerprint density at radius 2 is 2.00 bits per heavy atom. The van der Waals surface area contributed by atoms with Crippen molar-refractivity contribution in [1.29, 1.82) is 5.26 Å². The van der Waals surface area contributed by atoms with E-state index >= 15 is 0 Å². The van der Waals surface area contributed by atoms with Crippen LogP contribution in [0.15, 0.2) is 48.5 Å². The lowest BCUT2D eigenvalue weighted by molar-refractivity contribution is -0.385. The minimum absolute atomic E-state index is 0.0126. The molecule has 0 bridgehead atoms. The molecular formula is C16H15N3O3. The molecule has 6 heteroatoms. The zero-order valence-corrected chi connectivity index (χ0v) is 11.8. The smallest absolute Gasteiger partial charge is 0.287 e. The van der Waals surface area contributed by atoms with Crippen LogP contribution in [0.2, 0.25) is 0 Å². The highest BCUT2D eigenvalue weighted by Crippen LogP contribution is 2.22. The normalized spacial score (nSPS) is 11.5. The molecule has 22 heavy (non-hydrogen) atoms. The van der Waals surface area contributed by atoms with Gasteiger partial charge >= 0.3 is 0 Å². The van der Waals surface area contributed by atoms with Crippen LogP contribution in [-0.2, 0) is 0 Å². The third-order valence-corrected chi connectivity index (χ3v) is 3.24. The third-order valence-electron chi connectivity index (χ3n) is 3.24. The van der Waals surface area contributed by atoms with E-state index in [1.54, 1.807) is 6.07 Å². The van der Waals surface area contributed by atoms with Gasteiger partial charge in [0, 0.05) is 18.3 Å². The zero-order valence-electron chi connectivity index (χ0n) is 11.8.